The van der Waals surface area contributed by atoms with Gasteiger partial charge in [0.25, 0.3) is 0 Å². The molecule has 7 heteroatoms. The molecule has 3 aromatic rings. The largest absolute Gasteiger partial charge is 0.454 e. The molecule has 0 bridgehead atoms. The van der Waals surface area contributed by atoms with Crippen molar-refractivity contribution in [3.05, 3.63) is 53.4 Å². The van der Waals surface area contributed by atoms with Crippen LogP contribution >= 0.6 is 11.3 Å². The van der Waals surface area contributed by atoms with E-state index in [1.54, 1.807) is 25.1 Å². The van der Waals surface area contributed by atoms with E-state index >= 15 is 0 Å². The van der Waals surface area contributed by atoms with Crippen LogP contribution in [0.4, 0.5) is 10.5 Å². The second kappa shape index (κ2) is 6.51. The Kier molecular flexibility index (Phi) is 4.18. The summed E-state index contributed by atoms with van der Waals surface area (Å²) >= 11 is 1.52. The van der Waals surface area contributed by atoms with Crippen LogP contribution < -0.4 is 20.1 Å². The number of hydrogen-bond acceptors (Lipinski definition) is 5. The van der Waals surface area contributed by atoms with Crippen LogP contribution in [0.15, 0.2) is 48.5 Å². The molecule has 0 saturated heterocycles. The van der Waals surface area contributed by atoms with Crippen molar-refractivity contribution in [1.29, 1.82) is 0 Å². The third-order valence-corrected chi connectivity index (χ3v) is 5.55. The first-order chi connectivity index (χ1) is 12.5. The van der Waals surface area contributed by atoms with Gasteiger partial charge in [0.05, 0.1) is 6.54 Å². The van der Waals surface area contributed by atoms with E-state index in [-0.39, 0.29) is 13.3 Å². The van der Waals surface area contributed by atoms with E-state index < -0.39 is 11.6 Å². The van der Waals surface area contributed by atoms with Crippen molar-refractivity contribution in [2.24, 2.45) is 0 Å². The SMILES string of the molecule is CC(O)(CNC(=O)Nc1ccc2c(c1)OCO2)c1cc2ccccc2s1. The molecule has 0 radical (unpaired) electrons. The Labute approximate surface area is 154 Å². The van der Waals surface area contributed by atoms with E-state index in [1.165, 1.54) is 11.3 Å². The number of urea groups is 1. The van der Waals surface area contributed by atoms with Gasteiger partial charge in [0.2, 0.25) is 6.79 Å². The fourth-order valence-electron chi connectivity index (χ4n) is 2.74. The maximum Gasteiger partial charge on any atom is 0.319 e. The van der Waals surface area contributed by atoms with Crippen molar-refractivity contribution in [3.63, 3.8) is 0 Å². The smallest absolute Gasteiger partial charge is 0.319 e. The standard InChI is InChI=1S/C19H18N2O4S/c1-19(23,17-8-12-4-2-3-5-16(12)26-17)10-20-18(22)21-13-6-7-14-15(9-13)25-11-24-14/h2-9,23H,10-11H2,1H3,(H2,20,21,22). The van der Waals surface area contributed by atoms with Gasteiger partial charge in [0.1, 0.15) is 5.60 Å². The molecule has 0 spiro atoms. The number of aliphatic hydroxyl groups is 1. The van der Waals surface area contributed by atoms with Gasteiger partial charge in [-0.05, 0) is 36.6 Å². The van der Waals surface area contributed by atoms with Gasteiger partial charge in [-0.3, -0.25) is 0 Å². The number of rotatable bonds is 4. The van der Waals surface area contributed by atoms with Crippen LogP contribution in [-0.2, 0) is 5.60 Å². The molecule has 3 N–H and O–H groups in total. The number of nitrogens with one attached hydrogen (secondary N) is 2. The predicted molar refractivity (Wildman–Crippen MR) is 101 cm³/mol. The Morgan fingerprint density at radius 2 is 2.00 bits per heavy atom. The van der Waals surface area contributed by atoms with Crippen molar-refractivity contribution < 1.29 is 19.4 Å². The Morgan fingerprint density at radius 1 is 1.19 bits per heavy atom. The number of ether oxygens (including phenoxy) is 2. The third-order valence-electron chi connectivity index (χ3n) is 4.18. The van der Waals surface area contributed by atoms with Gasteiger partial charge in [-0.15, -0.1) is 11.3 Å². The predicted octanol–water partition coefficient (Wildman–Crippen LogP) is 3.66. The van der Waals surface area contributed by atoms with E-state index in [2.05, 4.69) is 10.6 Å². The van der Waals surface area contributed by atoms with Crippen LogP contribution in [-0.4, -0.2) is 24.5 Å². The highest BCUT2D eigenvalue weighted by atomic mass is 32.1. The Morgan fingerprint density at radius 3 is 2.85 bits per heavy atom. The fraction of sp³-hybridized carbons (Fsp3) is 0.211. The van der Waals surface area contributed by atoms with Gasteiger partial charge in [-0.2, -0.15) is 0 Å². The molecule has 1 aliphatic heterocycles. The average Bonchev–Trinajstić information content (AvgIpc) is 3.26. The van der Waals surface area contributed by atoms with Crippen molar-refractivity contribution in [3.8, 4) is 11.5 Å². The first kappa shape index (κ1) is 16.7. The number of carbonyl (C=O) groups is 1. The molecule has 2 heterocycles. The summed E-state index contributed by atoms with van der Waals surface area (Å²) in [7, 11) is 0. The van der Waals surface area contributed by atoms with Gasteiger partial charge in [-0.1, -0.05) is 18.2 Å². The summed E-state index contributed by atoms with van der Waals surface area (Å²) in [4.78, 5) is 13.0. The molecule has 2 amide bonds. The summed E-state index contributed by atoms with van der Waals surface area (Å²) in [6.07, 6.45) is 0. The van der Waals surface area contributed by atoms with Crippen molar-refractivity contribution in [2.45, 2.75) is 12.5 Å². The highest BCUT2D eigenvalue weighted by Gasteiger charge is 2.26. The van der Waals surface area contributed by atoms with E-state index in [1.807, 2.05) is 30.3 Å². The van der Waals surface area contributed by atoms with E-state index in [0.717, 1.165) is 15.0 Å². The molecule has 1 aromatic heterocycles. The van der Waals surface area contributed by atoms with Crippen LogP contribution in [0, 0.1) is 0 Å². The van der Waals surface area contributed by atoms with Crippen molar-refractivity contribution >= 4 is 33.1 Å². The Bertz CT molecular complexity index is 934. The number of carbonyl (C=O) groups excluding carboxylic acids is 1. The molecule has 0 fully saturated rings. The van der Waals surface area contributed by atoms with E-state index in [9.17, 15) is 9.90 Å². The first-order valence-electron chi connectivity index (χ1n) is 8.17. The van der Waals surface area contributed by atoms with Crippen LogP contribution in [0.1, 0.15) is 11.8 Å². The van der Waals surface area contributed by atoms with E-state index in [4.69, 9.17) is 9.47 Å². The molecular formula is C19H18N2O4S. The Hall–Kier alpha value is -2.77. The van der Waals surface area contributed by atoms with Gasteiger partial charge >= 0.3 is 6.03 Å². The van der Waals surface area contributed by atoms with Gasteiger partial charge in [-0.25, -0.2) is 4.79 Å². The Balaban J connectivity index is 1.40. The van der Waals surface area contributed by atoms with Crippen LogP contribution in [0.2, 0.25) is 0 Å². The zero-order valence-electron chi connectivity index (χ0n) is 14.1. The lowest BCUT2D eigenvalue weighted by Crippen LogP contribution is -2.40. The third kappa shape index (κ3) is 3.31. The van der Waals surface area contributed by atoms with Gasteiger partial charge < -0.3 is 25.2 Å². The summed E-state index contributed by atoms with van der Waals surface area (Å²) < 4.78 is 11.6. The summed E-state index contributed by atoms with van der Waals surface area (Å²) in [6, 6.07) is 14.7. The number of thiophene rings is 1. The summed E-state index contributed by atoms with van der Waals surface area (Å²) in [5.41, 5.74) is -0.566. The normalized spacial score (nSPS) is 14.8. The highest BCUT2D eigenvalue weighted by Crippen LogP contribution is 2.34. The second-order valence-electron chi connectivity index (χ2n) is 6.30. The molecule has 0 aliphatic carbocycles. The van der Waals surface area contributed by atoms with Gasteiger partial charge in [0, 0.05) is 21.3 Å². The maximum atomic E-state index is 12.2. The lowest BCUT2D eigenvalue weighted by Gasteiger charge is -2.22. The second-order valence-corrected chi connectivity index (χ2v) is 7.38. The molecule has 1 unspecified atom stereocenters. The summed E-state index contributed by atoms with van der Waals surface area (Å²) in [5.74, 6) is 1.25. The first-order valence-corrected chi connectivity index (χ1v) is 8.99. The molecule has 4 rings (SSSR count). The number of fused-ring (bicyclic) bond motifs is 2. The molecule has 0 saturated carbocycles. The molecule has 1 atom stereocenters. The molecule has 26 heavy (non-hydrogen) atoms. The summed E-state index contributed by atoms with van der Waals surface area (Å²) in [6.45, 7) is 1.97. The molecule has 1 aliphatic rings. The van der Waals surface area contributed by atoms with E-state index in [0.29, 0.717) is 17.2 Å². The monoisotopic (exact) mass is 370 g/mol. The topological polar surface area (TPSA) is 79.8 Å². The lowest BCUT2D eigenvalue weighted by molar-refractivity contribution is 0.0638. The zero-order chi connectivity index (χ0) is 18.1. The van der Waals surface area contributed by atoms with Gasteiger partial charge in [0.15, 0.2) is 11.5 Å². The van der Waals surface area contributed by atoms with Crippen LogP contribution in [0.25, 0.3) is 10.1 Å². The fourth-order valence-corrected chi connectivity index (χ4v) is 3.84. The van der Waals surface area contributed by atoms with Crippen LogP contribution in [0.3, 0.4) is 0 Å². The highest BCUT2D eigenvalue weighted by molar-refractivity contribution is 7.19. The zero-order valence-corrected chi connectivity index (χ0v) is 14.9. The number of anilines is 1. The lowest BCUT2D eigenvalue weighted by atomic mass is 10.0. The molecule has 134 valence electrons. The van der Waals surface area contributed by atoms with Crippen LogP contribution in [0.5, 0.6) is 11.5 Å². The van der Waals surface area contributed by atoms with Crippen molar-refractivity contribution in [1.82, 2.24) is 5.32 Å². The van der Waals surface area contributed by atoms with Crippen molar-refractivity contribution in [2.75, 3.05) is 18.7 Å². The number of hydrogen-bond donors (Lipinski definition) is 3. The minimum absolute atomic E-state index is 0.0935. The molecular weight excluding hydrogens is 352 g/mol. The maximum absolute atomic E-state index is 12.2. The molecule has 6 nitrogen and oxygen atoms in total. The molecule has 2 aromatic carbocycles. The number of amides is 2. The minimum atomic E-state index is -1.16. The summed E-state index contributed by atoms with van der Waals surface area (Å²) in [5, 5.41) is 17.3. The minimum Gasteiger partial charge on any atom is -0.454 e. The quantitative estimate of drug-likeness (QED) is 0.655. The number of benzene rings is 2. The average molecular weight is 370 g/mol.